The van der Waals surface area contributed by atoms with Crippen molar-refractivity contribution in [3.63, 3.8) is 0 Å². The molecule has 0 unspecified atom stereocenters. The Morgan fingerprint density at radius 2 is 2.10 bits per heavy atom. The number of hydrogen-bond donors (Lipinski definition) is 0. The maximum atomic E-state index is 13.9. The van der Waals surface area contributed by atoms with E-state index in [1.807, 2.05) is 6.92 Å². The first-order valence-electron chi connectivity index (χ1n) is 6.39. The fraction of sp³-hybridized carbons (Fsp3) is 0.462. The summed E-state index contributed by atoms with van der Waals surface area (Å²) in [5.74, 6) is -1.26. The topological polar surface area (TPSA) is 54.5 Å². The zero-order chi connectivity index (χ0) is 14.9. The van der Waals surface area contributed by atoms with Gasteiger partial charge in [0.2, 0.25) is 0 Å². The first-order valence-corrected chi connectivity index (χ1v) is 8.70. The second-order valence-electron chi connectivity index (χ2n) is 4.81. The van der Waals surface area contributed by atoms with E-state index in [4.69, 9.17) is 10.7 Å². The van der Waals surface area contributed by atoms with Crippen molar-refractivity contribution < 1.29 is 17.6 Å². The van der Waals surface area contributed by atoms with Crippen molar-refractivity contribution in [1.82, 2.24) is 4.90 Å². The molecule has 1 aromatic rings. The van der Waals surface area contributed by atoms with Crippen LogP contribution in [0.3, 0.4) is 0 Å². The first kappa shape index (κ1) is 15.3. The molecule has 2 rings (SSSR count). The van der Waals surface area contributed by atoms with Gasteiger partial charge in [-0.2, -0.15) is 0 Å². The molecule has 1 aromatic carbocycles. The van der Waals surface area contributed by atoms with Crippen LogP contribution in [0.15, 0.2) is 23.1 Å². The van der Waals surface area contributed by atoms with Gasteiger partial charge < -0.3 is 4.90 Å². The van der Waals surface area contributed by atoms with Crippen LogP contribution in [-0.4, -0.2) is 31.8 Å². The molecule has 0 bridgehead atoms. The standard InChI is InChI=1S/C13H15ClFNO3S/c1-2-7-16(9-3-4-9)13(17)11-6-5-10(8-12(11)15)20(14,18)19/h5-6,8-9H,2-4,7H2,1H3. The fourth-order valence-electron chi connectivity index (χ4n) is 2.05. The molecule has 1 aliphatic rings. The molecule has 0 heterocycles. The van der Waals surface area contributed by atoms with Gasteiger partial charge in [0.1, 0.15) is 5.82 Å². The van der Waals surface area contributed by atoms with Crippen LogP contribution in [0.1, 0.15) is 36.5 Å². The van der Waals surface area contributed by atoms with Crippen LogP contribution in [0.25, 0.3) is 0 Å². The number of carbonyl (C=O) groups is 1. The molecule has 0 radical (unpaired) electrons. The first-order chi connectivity index (χ1) is 9.34. The van der Waals surface area contributed by atoms with Crippen molar-refractivity contribution in [2.75, 3.05) is 6.54 Å². The minimum atomic E-state index is -3.99. The monoisotopic (exact) mass is 319 g/mol. The van der Waals surface area contributed by atoms with E-state index in [1.165, 1.54) is 6.07 Å². The Kier molecular flexibility index (Phi) is 4.34. The third-order valence-electron chi connectivity index (χ3n) is 3.17. The fourth-order valence-corrected chi connectivity index (χ4v) is 2.82. The maximum absolute atomic E-state index is 13.9. The van der Waals surface area contributed by atoms with Crippen molar-refractivity contribution in [2.45, 2.75) is 37.1 Å². The van der Waals surface area contributed by atoms with Crippen LogP contribution in [0.4, 0.5) is 4.39 Å². The van der Waals surface area contributed by atoms with E-state index in [1.54, 1.807) is 4.90 Å². The van der Waals surface area contributed by atoms with E-state index in [-0.39, 0.29) is 16.5 Å². The van der Waals surface area contributed by atoms with E-state index in [0.717, 1.165) is 31.4 Å². The molecule has 0 saturated heterocycles. The molecule has 110 valence electrons. The van der Waals surface area contributed by atoms with Gasteiger partial charge in [-0.15, -0.1) is 0 Å². The van der Waals surface area contributed by atoms with Crippen molar-refractivity contribution in [1.29, 1.82) is 0 Å². The third-order valence-corrected chi connectivity index (χ3v) is 4.52. The molecule has 20 heavy (non-hydrogen) atoms. The SMILES string of the molecule is CCCN(C(=O)c1ccc(S(=O)(=O)Cl)cc1F)C1CC1. The summed E-state index contributed by atoms with van der Waals surface area (Å²) in [5, 5.41) is 0. The highest BCUT2D eigenvalue weighted by atomic mass is 35.7. The van der Waals surface area contributed by atoms with Gasteiger partial charge in [-0.05, 0) is 37.5 Å². The number of amides is 1. The minimum Gasteiger partial charge on any atom is -0.336 e. The molecule has 0 spiro atoms. The average molecular weight is 320 g/mol. The number of carbonyl (C=O) groups excluding carboxylic acids is 1. The zero-order valence-electron chi connectivity index (χ0n) is 11.0. The van der Waals surface area contributed by atoms with Gasteiger partial charge in [-0.1, -0.05) is 6.92 Å². The lowest BCUT2D eigenvalue weighted by molar-refractivity contribution is 0.0738. The Labute approximate surface area is 121 Å². The summed E-state index contributed by atoms with van der Waals surface area (Å²) in [5.41, 5.74) is -0.116. The normalized spacial score (nSPS) is 15.2. The highest BCUT2D eigenvalue weighted by molar-refractivity contribution is 8.13. The van der Waals surface area contributed by atoms with Crippen LogP contribution in [0.5, 0.6) is 0 Å². The largest absolute Gasteiger partial charge is 0.336 e. The zero-order valence-corrected chi connectivity index (χ0v) is 12.5. The molecule has 0 N–H and O–H groups in total. The van der Waals surface area contributed by atoms with Gasteiger partial charge in [0.05, 0.1) is 10.5 Å². The second kappa shape index (κ2) is 5.69. The highest BCUT2D eigenvalue weighted by Crippen LogP contribution is 2.29. The molecule has 1 amide bonds. The number of rotatable bonds is 5. The minimum absolute atomic E-state index is 0.116. The molecule has 7 heteroatoms. The number of benzene rings is 1. The van der Waals surface area contributed by atoms with E-state index >= 15 is 0 Å². The summed E-state index contributed by atoms with van der Waals surface area (Å²) in [6.45, 7) is 2.51. The summed E-state index contributed by atoms with van der Waals surface area (Å²) in [4.78, 5) is 13.6. The smallest absolute Gasteiger partial charge is 0.261 e. The predicted octanol–water partition coefficient (Wildman–Crippen LogP) is 2.77. The molecule has 4 nitrogen and oxygen atoms in total. The van der Waals surface area contributed by atoms with Gasteiger partial charge in [-0.25, -0.2) is 12.8 Å². The Bertz CT molecular complexity index is 629. The lowest BCUT2D eigenvalue weighted by Gasteiger charge is -2.22. The molecule has 0 aromatic heterocycles. The molecule has 1 saturated carbocycles. The summed E-state index contributed by atoms with van der Waals surface area (Å²) in [7, 11) is 1.15. The summed E-state index contributed by atoms with van der Waals surface area (Å²) in [6.07, 6.45) is 2.65. The molecular formula is C13H15ClFNO3S. The molecule has 1 aliphatic carbocycles. The van der Waals surface area contributed by atoms with Crippen molar-refractivity contribution in [3.8, 4) is 0 Å². The molecular weight excluding hydrogens is 305 g/mol. The lowest BCUT2D eigenvalue weighted by Crippen LogP contribution is -2.34. The van der Waals surface area contributed by atoms with Gasteiger partial charge in [-0.3, -0.25) is 4.79 Å². The highest BCUT2D eigenvalue weighted by Gasteiger charge is 2.33. The van der Waals surface area contributed by atoms with Gasteiger partial charge in [0.15, 0.2) is 0 Å². The van der Waals surface area contributed by atoms with E-state index in [9.17, 15) is 17.6 Å². The Balaban J connectivity index is 2.30. The van der Waals surface area contributed by atoms with Gasteiger partial charge in [0.25, 0.3) is 15.0 Å². The quantitative estimate of drug-likeness (QED) is 0.784. The third kappa shape index (κ3) is 3.30. The number of hydrogen-bond acceptors (Lipinski definition) is 3. The van der Waals surface area contributed by atoms with Crippen molar-refractivity contribution >= 4 is 25.6 Å². The predicted molar refractivity (Wildman–Crippen MR) is 73.8 cm³/mol. The Hall–Kier alpha value is -1.14. The summed E-state index contributed by atoms with van der Waals surface area (Å²) in [6, 6.07) is 3.29. The maximum Gasteiger partial charge on any atom is 0.261 e. The lowest BCUT2D eigenvalue weighted by atomic mass is 10.1. The summed E-state index contributed by atoms with van der Waals surface area (Å²) >= 11 is 0. The Morgan fingerprint density at radius 3 is 2.55 bits per heavy atom. The van der Waals surface area contributed by atoms with Crippen LogP contribution in [0.2, 0.25) is 0 Å². The summed E-state index contributed by atoms with van der Waals surface area (Å²) < 4.78 is 36.2. The van der Waals surface area contributed by atoms with Gasteiger partial charge in [0, 0.05) is 23.3 Å². The molecule has 1 fully saturated rings. The molecule has 0 atom stereocenters. The average Bonchev–Trinajstić information content (AvgIpc) is 3.18. The van der Waals surface area contributed by atoms with Crippen molar-refractivity contribution in [2.24, 2.45) is 0 Å². The van der Waals surface area contributed by atoms with Crippen LogP contribution in [-0.2, 0) is 9.05 Å². The van der Waals surface area contributed by atoms with Gasteiger partial charge >= 0.3 is 0 Å². The number of halogens is 2. The van der Waals surface area contributed by atoms with Crippen molar-refractivity contribution in [3.05, 3.63) is 29.6 Å². The molecule has 0 aliphatic heterocycles. The van der Waals surface area contributed by atoms with E-state index in [2.05, 4.69) is 0 Å². The second-order valence-corrected chi connectivity index (χ2v) is 7.38. The van der Waals surface area contributed by atoms with Crippen LogP contribution >= 0.6 is 10.7 Å². The van der Waals surface area contributed by atoms with E-state index in [0.29, 0.717) is 6.54 Å². The number of nitrogens with zero attached hydrogens (tertiary/aromatic N) is 1. The Morgan fingerprint density at radius 1 is 1.45 bits per heavy atom. The van der Waals surface area contributed by atoms with Crippen LogP contribution < -0.4 is 0 Å². The van der Waals surface area contributed by atoms with E-state index < -0.39 is 20.8 Å². The van der Waals surface area contributed by atoms with Crippen LogP contribution in [0, 0.1) is 5.82 Å².